The maximum Gasteiger partial charge on any atom is 0.126 e. The summed E-state index contributed by atoms with van der Waals surface area (Å²) in [5.74, 6) is 1.54. The molecule has 1 aromatic heterocycles. The van der Waals surface area contributed by atoms with Crippen molar-refractivity contribution >= 4 is 0 Å². The summed E-state index contributed by atoms with van der Waals surface area (Å²) in [4.78, 5) is 4.15. The van der Waals surface area contributed by atoms with Crippen molar-refractivity contribution < 1.29 is 9.47 Å². The van der Waals surface area contributed by atoms with Crippen LogP contribution >= 0.6 is 0 Å². The maximum absolute atomic E-state index is 5.74. The molecule has 0 unspecified atom stereocenters. The average molecular weight is 266 g/mol. The van der Waals surface area contributed by atoms with Crippen LogP contribution in [-0.4, -0.2) is 31.3 Å². The molecule has 19 heavy (non-hydrogen) atoms. The van der Waals surface area contributed by atoms with E-state index in [0.29, 0.717) is 19.1 Å². The molecule has 1 aromatic rings. The smallest absolute Gasteiger partial charge is 0.126 e. The van der Waals surface area contributed by atoms with E-state index in [2.05, 4.69) is 31.1 Å². The summed E-state index contributed by atoms with van der Waals surface area (Å²) in [7, 11) is 0. The van der Waals surface area contributed by atoms with Gasteiger partial charge in [-0.25, -0.2) is 0 Å². The Morgan fingerprint density at radius 2 is 2.11 bits per heavy atom. The Balaban J connectivity index is 2.35. The Morgan fingerprint density at radius 1 is 1.26 bits per heavy atom. The van der Waals surface area contributed by atoms with Gasteiger partial charge in [0.1, 0.15) is 12.4 Å². The second kappa shape index (κ2) is 9.75. The highest BCUT2D eigenvalue weighted by Crippen LogP contribution is 2.16. The first-order valence-electron chi connectivity index (χ1n) is 7.08. The number of pyridine rings is 1. The van der Waals surface area contributed by atoms with Crippen LogP contribution in [0.1, 0.15) is 32.8 Å². The van der Waals surface area contributed by atoms with Gasteiger partial charge in [0.05, 0.1) is 6.61 Å². The molecule has 0 aliphatic rings. The third-order valence-corrected chi connectivity index (χ3v) is 2.56. The van der Waals surface area contributed by atoms with E-state index in [0.717, 1.165) is 37.4 Å². The van der Waals surface area contributed by atoms with Crippen molar-refractivity contribution in [3.63, 3.8) is 0 Å². The van der Waals surface area contributed by atoms with E-state index in [9.17, 15) is 0 Å². The zero-order valence-corrected chi connectivity index (χ0v) is 12.3. The van der Waals surface area contributed by atoms with Gasteiger partial charge < -0.3 is 14.8 Å². The molecule has 0 fully saturated rings. The second-order valence-electron chi connectivity index (χ2n) is 4.97. The lowest BCUT2D eigenvalue weighted by Gasteiger charge is -2.12. The summed E-state index contributed by atoms with van der Waals surface area (Å²) in [5, 5.41) is 3.40. The molecule has 1 heterocycles. The van der Waals surface area contributed by atoms with Crippen LogP contribution in [0.3, 0.4) is 0 Å². The van der Waals surface area contributed by atoms with Crippen LogP contribution in [0, 0.1) is 5.92 Å². The number of ether oxygens (including phenoxy) is 2. The number of rotatable bonds is 10. The minimum absolute atomic E-state index is 0.585. The highest BCUT2D eigenvalue weighted by Gasteiger charge is 2.03. The van der Waals surface area contributed by atoms with E-state index in [1.54, 1.807) is 6.20 Å². The van der Waals surface area contributed by atoms with Crippen LogP contribution in [0.25, 0.3) is 0 Å². The lowest BCUT2D eigenvalue weighted by atomic mass is 10.2. The van der Waals surface area contributed by atoms with Crippen LogP contribution in [0.2, 0.25) is 0 Å². The van der Waals surface area contributed by atoms with E-state index >= 15 is 0 Å². The maximum atomic E-state index is 5.74. The monoisotopic (exact) mass is 266 g/mol. The van der Waals surface area contributed by atoms with Gasteiger partial charge in [0.15, 0.2) is 0 Å². The van der Waals surface area contributed by atoms with Gasteiger partial charge in [0, 0.05) is 31.1 Å². The van der Waals surface area contributed by atoms with Gasteiger partial charge in [-0.2, -0.15) is 0 Å². The first kappa shape index (κ1) is 15.9. The summed E-state index contributed by atoms with van der Waals surface area (Å²) < 4.78 is 11.1. The van der Waals surface area contributed by atoms with Crippen molar-refractivity contribution in [3.8, 4) is 5.75 Å². The standard InChI is InChI=1S/C15H26N2O2/c1-4-7-18-8-9-19-15-5-6-16-11-14(15)12-17-10-13(2)3/h5-6,11,13,17H,4,7-10,12H2,1-3H3. The molecule has 4 heteroatoms. The molecule has 0 saturated heterocycles. The molecule has 0 amide bonds. The highest BCUT2D eigenvalue weighted by molar-refractivity contribution is 5.29. The Kier molecular flexibility index (Phi) is 8.18. The Hall–Kier alpha value is -1.13. The number of hydrogen-bond acceptors (Lipinski definition) is 4. The molecular formula is C15H26N2O2. The molecule has 0 spiro atoms. The largest absolute Gasteiger partial charge is 0.491 e. The van der Waals surface area contributed by atoms with Crippen molar-refractivity contribution in [2.75, 3.05) is 26.4 Å². The molecule has 0 aromatic carbocycles. The van der Waals surface area contributed by atoms with E-state index in [-0.39, 0.29) is 0 Å². The molecule has 0 aliphatic heterocycles. The first-order valence-corrected chi connectivity index (χ1v) is 7.08. The first-order chi connectivity index (χ1) is 9.24. The van der Waals surface area contributed by atoms with Crippen molar-refractivity contribution in [3.05, 3.63) is 24.0 Å². The van der Waals surface area contributed by atoms with Crippen LogP contribution in [0.15, 0.2) is 18.5 Å². The van der Waals surface area contributed by atoms with E-state index in [1.807, 2.05) is 12.3 Å². The number of hydrogen-bond donors (Lipinski definition) is 1. The predicted octanol–water partition coefficient (Wildman–Crippen LogP) is 2.63. The second-order valence-corrected chi connectivity index (χ2v) is 4.97. The molecule has 0 atom stereocenters. The lowest BCUT2D eigenvalue weighted by Crippen LogP contribution is -2.19. The molecule has 1 rings (SSSR count). The molecular weight excluding hydrogens is 240 g/mol. The van der Waals surface area contributed by atoms with Gasteiger partial charge >= 0.3 is 0 Å². The SMILES string of the molecule is CCCOCCOc1ccncc1CNCC(C)C. The normalized spacial score (nSPS) is 10.9. The summed E-state index contributed by atoms with van der Waals surface area (Å²) in [5.41, 5.74) is 1.10. The molecule has 0 saturated carbocycles. The molecule has 0 radical (unpaired) electrons. The fourth-order valence-corrected chi connectivity index (χ4v) is 1.64. The Morgan fingerprint density at radius 3 is 2.84 bits per heavy atom. The quantitative estimate of drug-likeness (QED) is 0.661. The van der Waals surface area contributed by atoms with Crippen LogP contribution in [0.4, 0.5) is 0 Å². The van der Waals surface area contributed by atoms with Crippen molar-refractivity contribution in [2.24, 2.45) is 5.92 Å². The highest BCUT2D eigenvalue weighted by atomic mass is 16.5. The van der Waals surface area contributed by atoms with Gasteiger partial charge in [-0.05, 0) is 24.9 Å². The van der Waals surface area contributed by atoms with Gasteiger partial charge in [0.25, 0.3) is 0 Å². The predicted molar refractivity (Wildman–Crippen MR) is 77.4 cm³/mol. The molecule has 4 nitrogen and oxygen atoms in total. The zero-order valence-electron chi connectivity index (χ0n) is 12.3. The number of nitrogens with one attached hydrogen (secondary N) is 1. The van der Waals surface area contributed by atoms with Crippen LogP contribution in [-0.2, 0) is 11.3 Å². The zero-order chi connectivity index (χ0) is 13.9. The van der Waals surface area contributed by atoms with Crippen molar-refractivity contribution in [1.82, 2.24) is 10.3 Å². The minimum atomic E-state index is 0.585. The van der Waals surface area contributed by atoms with Gasteiger partial charge in [-0.3, -0.25) is 4.98 Å². The lowest BCUT2D eigenvalue weighted by molar-refractivity contribution is 0.100. The average Bonchev–Trinajstić information content (AvgIpc) is 2.40. The fourth-order valence-electron chi connectivity index (χ4n) is 1.64. The van der Waals surface area contributed by atoms with Crippen molar-refractivity contribution in [2.45, 2.75) is 33.7 Å². The summed E-state index contributed by atoms with van der Waals surface area (Å²) in [6.07, 6.45) is 4.66. The molecule has 0 bridgehead atoms. The number of nitrogens with zero attached hydrogens (tertiary/aromatic N) is 1. The van der Waals surface area contributed by atoms with Crippen LogP contribution < -0.4 is 10.1 Å². The van der Waals surface area contributed by atoms with Crippen LogP contribution in [0.5, 0.6) is 5.75 Å². The molecule has 0 aliphatic carbocycles. The van der Waals surface area contributed by atoms with E-state index in [1.165, 1.54) is 0 Å². The molecule has 1 N–H and O–H groups in total. The summed E-state index contributed by atoms with van der Waals surface area (Å²) >= 11 is 0. The Bertz CT molecular complexity index is 343. The van der Waals surface area contributed by atoms with E-state index < -0.39 is 0 Å². The fraction of sp³-hybridized carbons (Fsp3) is 0.667. The number of aromatic nitrogens is 1. The molecule has 108 valence electrons. The van der Waals surface area contributed by atoms with E-state index in [4.69, 9.17) is 9.47 Å². The van der Waals surface area contributed by atoms with Gasteiger partial charge in [0.2, 0.25) is 0 Å². The topological polar surface area (TPSA) is 43.4 Å². The summed E-state index contributed by atoms with van der Waals surface area (Å²) in [6, 6.07) is 1.91. The van der Waals surface area contributed by atoms with Crippen molar-refractivity contribution in [1.29, 1.82) is 0 Å². The van der Waals surface area contributed by atoms with Gasteiger partial charge in [-0.15, -0.1) is 0 Å². The summed E-state index contributed by atoms with van der Waals surface area (Å²) in [6.45, 7) is 10.3. The third kappa shape index (κ3) is 7.13. The Labute approximate surface area is 116 Å². The minimum Gasteiger partial charge on any atom is -0.491 e. The third-order valence-electron chi connectivity index (χ3n) is 2.56. The van der Waals surface area contributed by atoms with Gasteiger partial charge in [-0.1, -0.05) is 20.8 Å².